The maximum absolute atomic E-state index is 12.5. The lowest BCUT2D eigenvalue weighted by Gasteiger charge is -2.36. The molecule has 7 heteroatoms. The zero-order valence-electron chi connectivity index (χ0n) is 16.0. The molecule has 0 radical (unpaired) electrons. The Bertz CT molecular complexity index is 655. The lowest BCUT2D eigenvalue weighted by atomic mass is 9.96. The summed E-state index contributed by atoms with van der Waals surface area (Å²) in [7, 11) is 0. The van der Waals surface area contributed by atoms with Gasteiger partial charge in [-0.25, -0.2) is 4.79 Å². The number of amides is 3. The predicted octanol–water partition coefficient (Wildman–Crippen LogP) is 1.59. The summed E-state index contributed by atoms with van der Waals surface area (Å²) in [6, 6.07) is 7.46. The molecule has 0 aromatic heterocycles. The number of halogens is 1. The van der Waals surface area contributed by atoms with Crippen LogP contribution in [0, 0.1) is 0 Å². The number of benzene rings is 1. The summed E-state index contributed by atoms with van der Waals surface area (Å²) in [5.41, 5.74) is 1.12. The van der Waals surface area contributed by atoms with Crippen molar-refractivity contribution in [2.45, 2.75) is 51.1 Å². The first-order valence-corrected chi connectivity index (χ1v) is 10.4. The van der Waals surface area contributed by atoms with E-state index < -0.39 is 0 Å². The molecule has 27 heavy (non-hydrogen) atoms. The van der Waals surface area contributed by atoms with Gasteiger partial charge in [-0.1, -0.05) is 36.9 Å². The number of carbonyl (C=O) groups is 2. The van der Waals surface area contributed by atoms with Crippen molar-refractivity contribution >= 4 is 29.2 Å². The highest BCUT2D eigenvalue weighted by Crippen LogP contribution is 2.19. The third-order valence-corrected chi connectivity index (χ3v) is 6.00. The van der Waals surface area contributed by atoms with Crippen LogP contribution in [-0.2, 0) is 4.79 Å². The predicted molar refractivity (Wildman–Crippen MR) is 107 cm³/mol. The summed E-state index contributed by atoms with van der Waals surface area (Å²) in [6.07, 6.45) is 5.55. The highest BCUT2D eigenvalue weighted by molar-refractivity contribution is 6.30. The van der Waals surface area contributed by atoms with Crippen LogP contribution in [0.4, 0.5) is 10.5 Å². The second kappa shape index (κ2) is 9.42. The molecular weight excluding hydrogens is 364 g/mol. The molecule has 1 aromatic rings. The van der Waals surface area contributed by atoms with Crippen LogP contribution in [0.3, 0.4) is 0 Å². The van der Waals surface area contributed by atoms with E-state index in [-0.39, 0.29) is 24.0 Å². The summed E-state index contributed by atoms with van der Waals surface area (Å²) in [5.74, 6) is -0.200. The number of carbonyl (C=O) groups excluding carboxylic acids is 2. The van der Waals surface area contributed by atoms with Gasteiger partial charge < -0.3 is 15.1 Å². The molecule has 1 heterocycles. The average molecular weight is 394 g/mol. The van der Waals surface area contributed by atoms with Gasteiger partial charge in [0.2, 0.25) is 0 Å². The van der Waals surface area contributed by atoms with Gasteiger partial charge in [0, 0.05) is 16.8 Å². The minimum atomic E-state index is -0.351. The van der Waals surface area contributed by atoms with Gasteiger partial charge in [-0.3, -0.25) is 10.1 Å². The van der Waals surface area contributed by atoms with Gasteiger partial charge >= 0.3 is 6.03 Å². The average Bonchev–Trinajstić information content (AvgIpc) is 2.68. The van der Waals surface area contributed by atoms with Crippen molar-refractivity contribution < 1.29 is 14.5 Å². The van der Waals surface area contributed by atoms with Crippen molar-refractivity contribution in [2.24, 2.45) is 0 Å². The van der Waals surface area contributed by atoms with Crippen molar-refractivity contribution in [3.63, 3.8) is 0 Å². The first-order valence-electron chi connectivity index (χ1n) is 9.99. The Hall–Kier alpha value is -1.79. The Labute approximate surface area is 166 Å². The Morgan fingerprint density at radius 3 is 2.56 bits per heavy atom. The van der Waals surface area contributed by atoms with Gasteiger partial charge in [-0.2, -0.15) is 0 Å². The quantitative estimate of drug-likeness (QED) is 0.727. The number of nitrogens with one attached hydrogen (secondary N) is 3. The Morgan fingerprint density at radius 1 is 1.19 bits per heavy atom. The lowest BCUT2D eigenvalue weighted by molar-refractivity contribution is -0.914. The third-order valence-electron chi connectivity index (χ3n) is 5.76. The van der Waals surface area contributed by atoms with Gasteiger partial charge in [0.15, 0.2) is 6.04 Å². The number of urea groups is 1. The van der Waals surface area contributed by atoms with E-state index in [1.807, 2.05) is 25.1 Å². The zero-order chi connectivity index (χ0) is 19.2. The highest BCUT2D eigenvalue weighted by Gasteiger charge is 2.30. The Balaban J connectivity index is 1.44. The molecule has 0 bridgehead atoms. The van der Waals surface area contributed by atoms with Crippen LogP contribution in [0.15, 0.2) is 24.3 Å². The number of imide groups is 1. The van der Waals surface area contributed by atoms with Gasteiger partial charge in [0.05, 0.1) is 26.2 Å². The molecule has 2 fully saturated rings. The third kappa shape index (κ3) is 5.59. The number of hydrogen-bond donors (Lipinski definition) is 3. The molecule has 0 spiro atoms. The van der Waals surface area contributed by atoms with Crippen LogP contribution < -0.4 is 20.4 Å². The highest BCUT2D eigenvalue weighted by atomic mass is 35.5. The molecule has 3 amide bonds. The van der Waals surface area contributed by atoms with Gasteiger partial charge in [0.25, 0.3) is 5.91 Å². The molecule has 6 nitrogen and oxygen atoms in total. The van der Waals surface area contributed by atoms with Gasteiger partial charge in [-0.05, 0) is 38.0 Å². The van der Waals surface area contributed by atoms with Crippen molar-refractivity contribution in [1.82, 2.24) is 10.6 Å². The zero-order valence-corrected chi connectivity index (χ0v) is 16.7. The van der Waals surface area contributed by atoms with E-state index in [2.05, 4.69) is 21.6 Å². The van der Waals surface area contributed by atoms with Crippen LogP contribution in [0.1, 0.15) is 39.0 Å². The summed E-state index contributed by atoms with van der Waals surface area (Å²) in [4.78, 5) is 28.1. The fourth-order valence-corrected chi connectivity index (χ4v) is 4.22. The Kier molecular flexibility index (Phi) is 6.96. The molecular formula is C20H30ClN4O2+. The van der Waals surface area contributed by atoms with E-state index in [1.165, 1.54) is 11.3 Å². The topological polar surface area (TPSA) is 65.9 Å². The van der Waals surface area contributed by atoms with Crippen molar-refractivity contribution in [3.8, 4) is 0 Å². The second-order valence-electron chi connectivity index (χ2n) is 7.64. The molecule has 1 saturated carbocycles. The second-order valence-corrected chi connectivity index (χ2v) is 8.08. The van der Waals surface area contributed by atoms with Crippen LogP contribution in [0.5, 0.6) is 0 Å². The lowest BCUT2D eigenvalue weighted by Crippen LogP contribution is -3.19. The van der Waals surface area contributed by atoms with Crippen molar-refractivity contribution in [1.29, 1.82) is 0 Å². The first-order chi connectivity index (χ1) is 13.0. The molecule has 148 valence electrons. The number of rotatable bonds is 4. The van der Waals surface area contributed by atoms with Gasteiger partial charge in [-0.15, -0.1) is 0 Å². The van der Waals surface area contributed by atoms with E-state index in [1.54, 1.807) is 0 Å². The van der Waals surface area contributed by atoms with Crippen LogP contribution in [0.25, 0.3) is 0 Å². The largest absolute Gasteiger partial charge is 0.360 e. The van der Waals surface area contributed by atoms with Crippen molar-refractivity contribution in [2.75, 3.05) is 31.1 Å². The summed E-state index contributed by atoms with van der Waals surface area (Å²) >= 11 is 6.08. The van der Waals surface area contributed by atoms with E-state index >= 15 is 0 Å². The van der Waals surface area contributed by atoms with Crippen LogP contribution in [0.2, 0.25) is 5.02 Å². The van der Waals surface area contributed by atoms with Gasteiger partial charge in [0.1, 0.15) is 0 Å². The number of hydrogen-bond acceptors (Lipinski definition) is 3. The number of quaternary nitrogens is 1. The minimum absolute atomic E-state index is 0.200. The maximum atomic E-state index is 12.5. The standard InChI is InChI=1S/C20H29ClN4O2/c1-15(19(26)23-20(27)22-17-7-3-2-4-8-17)24-10-12-25(13-11-24)18-9-5-6-16(21)14-18/h5-6,9,14-15,17H,2-4,7-8,10-13H2,1H3,(H2,22,23,26,27)/p+1/t15-/m0/s1. The first kappa shape index (κ1) is 20.0. The number of nitrogens with zero attached hydrogens (tertiary/aromatic N) is 1. The molecule has 3 rings (SSSR count). The smallest absolute Gasteiger partial charge is 0.321 e. The molecule has 1 aliphatic heterocycles. The number of piperazine rings is 1. The van der Waals surface area contributed by atoms with Crippen LogP contribution >= 0.6 is 11.6 Å². The molecule has 1 saturated heterocycles. The monoisotopic (exact) mass is 393 g/mol. The SMILES string of the molecule is C[C@@H](C(=O)NC(=O)NC1CCCCC1)[NH+]1CCN(c2cccc(Cl)c2)CC1. The fraction of sp³-hybridized carbons (Fsp3) is 0.600. The minimum Gasteiger partial charge on any atom is -0.360 e. The molecule has 0 unspecified atom stereocenters. The maximum Gasteiger partial charge on any atom is 0.321 e. The normalized spacial score (nSPS) is 20.1. The summed E-state index contributed by atoms with van der Waals surface area (Å²) in [5, 5.41) is 6.21. The molecule has 1 aliphatic carbocycles. The van der Waals surface area contributed by atoms with Crippen molar-refractivity contribution in [3.05, 3.63) is 29.3 Å². The fourth-order valence-electron chi connectivity index (χ4n) is 4.03. The molecule has 1 aromatic carbocycles. The molecule has 1 atom stereocenters. The van der Waals surface area contributed by atoms with E-state index in [0.29, 0.717) is 0 Å². The summed E-state index contributed by atoms with van der Waals surface area (Å²) < 4.78 is 0. The van der Waals surface area contributed by atoms with E-state index in [4.69, 9.17) is 11.6 Å². The summed E-state index contributed by atoms with van der Waals surface area (Å²) in [6.45, 7) is 5.33. The molecule has 3 N–H and O–H groups in total. The number of anilines is 1. The van der Waals surface area contributed by atoms with Crippen LogP contribution in [-0.4, -0.2) is 50.2 Å². The Morgan fingerprint density at radius 2 is 1.89 bits per heavy atom. The van der Waals surface area contributed by atoms with E-state index in [9.17, 15) is 9.59 Å². The molecule has 2 aliphatic rings. The van der Waals surface area contributed by atoms with E-state index in [0.717, 1.165) is 62.6 Å².